The zero-order valence-corrected chi connectivity index (χ0v) is 11.4. The van der Waals surface area contributed by atoms with E-state index in [1.165, 1.54) is 0 Å². The van der Waals surface area contributed by atoms with Crippen LogP contribution in [-0.4, -0.2) is 28.7 Å². The zero-order chi connectivity index (χ0) is 13.1. The molecule has 1 aliphatic rings. The number of hydrogen-bond acceptors (Lipinski definition) is 4. The lowest BCUT2D eigenvalue weighted by Gasteiger charge is -2.18. The number of carbonyl (C=O) groups is 1. The number of amides is 1. The number of rotatable bonds is 1. The Morgan fingerprint density at radius 1 is 1.53 bits per heavy atom. The average Bonchev–Trinajstić information content (AvgIpc) is 2.68. The predicted molar refractivity (Wildman–Crippen MR) is 72.4 cm³/mol. The minimum Gasteiger partial charge on any atom is -0.378 e. The van der Waals surface area contributed by atoms with Crippen molar-refractivity contribution in [2.75, 3.05) is 6.54 Å². The number of carbonyl (C=O) groups excluding carboxylic acids is 1. The van der Waals surface area contributed by atoms with Crippen LogP contribution in [0.1, 0.15) is 33.6 Å². The average molecular weight is 256 g/mol. The molecule has 0 aromatic heterocycles. The third-order valence-corrected chi connectivity index (χ3v) is 3.58. The molecule has 0 spiro atoms. The largest absolute Gasteiger partial charge is 0.378 e. The summed E-state index contributed by atoms with van der Waals surface area (Å²) in [4.78, 5) is 15.5. The van der Waals surface area contributed by atoms with E-state index in [4.69, 9.17) is 11.1 Å². The van der Waals surface area contributed by atoms with Crippen molar-refractivity contribution in [2.24, 2.45) is 16.1 Å². The summed E-state index contributed by atoms with van der Waals surface area (Å²) in [6.07, 6.45) is 1.81. The molecule has 1 atom stereocenters. The van der Waals surface area contributed by atoms with E-state index in [0.29, 0.717) is 5.04 Å². The van der Waals surface area contributed by atoms with Gasteiger partial charge in [-0.05, 0) is 31.1 Å². The first kappa shape index (κ1) is 14.2. The Bertz CT molecular complexity index is 340. The van der Waals surface area contributed by atoms with Crippen LogP contribution >= 0.6 is 11.8 Å². The Morgan fingerprint density at radius 3 is 2.65 bits per heavy atom. The van der Waals surface area contributed by atoms with Crippen LogP contribution in [0.15, 0.2) is 4.99 Å². The number of aliphatic imine (C=N–C) groups is 1. The van der Waals surface area contributed by atoms with Crippen molar-refractivity contribution in [3.63, 3.8) is 0 Å². The minimum atomic E-state index is -0.264. The molecule has 0 radical (unpaired) electrons. The number of nitrogens with zero attached hydrogens (tertiary/aromatic N) is 1. The fourth-order valence-electron chi connectivity index (χ4n) is 1.36. The Kier molecular flexibility index (Phi) is 4.70. The van der Waals surface area contributed by atoms with Gasteiger partial charge >= 0.3 is 0 Å². The number of nitrogens with two attached hydrogens (primary N) is 1. The maximum Gasteiger partial charge on any atom is 0.265 e. The maximum absolute atomic E-state index is 11.7. The van der Waals surface area contributed by atoms with E-state index < -0.39 is 0 Å². The van der Waals surface area contributed by atoms with Gasteiger partial charge in [0.05, 0.1) is 11.1 Å². The third-order valence-electron chi connectivity index (χ3n) is 2.47. The van der Waals surface area contributed by atoms with Crippen molar-refractivity contribution in [2.45, 2.75) is 39.7 Å². The van der Waals surface area contributed by atoms with Crippen molar-refractivity contribution >= 4 is 27.9 Å². The summed E-state index contributed by atoms with van der Waals surface area (Å²) < 4.78 is 0. The lowest BCUT2D eigenvalue weighted by molar-refractivity contribution is -0.119. The molecule has 6 heteroatoms. The van der Waals surface area contributed by atoms with Crippen LogP contribution in [0.2, 0.25) is 0 Å². The van der Waals surface area contributed by atoms with E-state index in [-0.39, 0.29) is 22.5 Å². The van der Waals surface area contributed by atoms with Gasteiger partial charge in [0.1, 0.15) is 0 Å². The van der Waals surface area contributed by atoms with Crippen LogP contribution in [0.5, 0.6) is 0 Å². The van der Waals surface area contributed by atoms with Gasteiger partial charge in [0.15, 0.2) is 5.17 Å². The summed E-state index contributed by atoms with van der Waals surface area (Å²) in [6.45, 7) is 6.64. The zero-order valence-electron chi connectivity index (χ0n) is 10.5. The second kappa shape index (κ2) is 5.64. The van der Waals surface area contributed by atoms with Crippen molar-refractivity contribution in [1.29, 1.82) is 5.41 Å². The Labute approximate surface area is 106 Å². The Hall–Kier alpha value is -0.880. The molecule has 17 heavy (non-hydrogen) atoms. The quantitative estimate of drug-likeness (QED) is 0.487. The van der Waals surface area contributed by atoms with Gasteiger partial charge in [0, 0.05) is 5.41 Å². The van der Waals surface area contributed by atoms with Gasteiger partial charge in [0.25, 0.3) is 5.91 Å². The van der Waals surface area contributed by atoms with E-state index in [2.05, 4.69) is 10.3 Å². The molecule has 1 amide bonds. The van der Waals surface area contributed by atoms with Crippen molar-refractivity contribution in [3.8, 4) is 0 Å². The molecule has 0 saturated carbocycles. The second-order valence-corrected chi connectivity index (χ2v) is 6.15. The molecule has 5 nitrogen and oxygen atoms in total. The lowest BCUT2D eigenvalue weighted by Crippen LogP contribution is -2.31. The van der Waals surface area contributed by atoms with E-state index >= 15 is 0 Å². The van der Waals surface area contributed by atoms with Gasteiger partial charge in [-0.15, -0.1) is 0 Å². The first-order valence-corrected chi connectivity index (χ1v) is 6.50. The molecule has 0 aliphatic carbocycles. The van der Waals surface area contributed by atoms with Gasteiger partial charge in [0.2, 0.25) is 0 Å². The minimum absolute atomic E-state index is 0.156. The summed E-state index contributed by atoms with van der Waals surface area (Å²) in [6, 6.07) is -0.196. The highest BCUT2D eigenvalue weighted by atomic mass is 32.2. The van der Waals surface area contributed by atoms with Crippen molar-refractivity contribution in [1.82, 2.24) is 5.32 Å². The van der Waals surface area contributed by atoms with Crippen LogP contribution in [0.4, 0.5) is 0 Å². The molecule has 0 bridgehead atoms. The molecule has 1 fully saturated rings. The first-order chi connectivity index (χ1) is 7.80. The van der Waals surface area contributed by atoms with Crippen LogP contribution in [0, 0.1) is 10.8 Å². The smallest absolute Gasteiger partial charge is 0.265 e. The summed E-state index contributed by atoms with van der Waals surface area (Å²) in [5.41, 5.74) is 5.40. The molecular weight excluding hydrogens is 236 g/mol. The SMILES string of the molecule is CC(C)(C)C(=N)SC(N)=NC(=O)C1CCCN1. The van der Waals surface area contributed by atoms with Crippen molar-refractivity contribution < 1.29 is 4.79 Å². The Morgan fingerprint density at radius 2 is 2.18 bits per heavy atom. The number of thioether (sulfide) groups is 1. The molecule has 0 aromatic carbocycles. The lowest BCUT2D eigenvalue weighted by atomic mass is 9.99. The van der Waals surface area contributed by atoms with Crippen LogP contribution in [-0.2, 0) is 4.79 Å². The standard InChI is InChI=1S/C11H20N4OS/c1-11(2,3)9(12)17-10(13)15-8(16)7-5-4-6-14-7/h7,12,14H,4-6H2,1-3H3,(H2,13,15,16). The monoisotopic (exact) mass is 256 g/mol. The number of hydrogen-bond donors (Lipinski definition) is 3. The number of amidine groups is 1. The highest BCUT2D eigenvalue weighted by Crippen LogP contribution is 2.23. The van der Waals surface area contributed by atoms with Gasteiger partial charge in [-0.2, -0.15) is 4.99 Å². The molecule has 1 unspecified atom stereocenters. The number of nitrogens with one attached hydrogen (secondary N) is 2. The molecular formula is C11H20N4OS. The fraction of sp³-hybridized carbons (Fsp3) is 0.727. The summed E-state index contributed by atoms with van der Waals surface area (Å²) >= 11 is 1.06. The molecule has 1 heterocycles. The van der Waals surface area contributed by atoms with Gasteiger partial charge in [-0.1, -0.05) is 20.8 Å². The summed E-state index contributed by atoms with van der Waals surface area (Å²) in [5, 5.41) is 11.4. The molecule has 0 aromatic rings. The van der Waals surface area contributed by atoms with Gasteiger partial charge in [-0.25, -0.2) is 0 Å². The molecule has 1 aliphatic heterocycles. The first-order valence-electron chi connectivity index (χ1n) is 5.69. The van der Waals surface area contributed by atoms with E-state index in [1.54, 1.807) is 0 Å². The maximum atomic E-state index is 11.7. The Balaban J connectivity index is 2.54. The van der Waals surface area contributed by atoms with Crippen molar-refractivity contribution in [3.05, 3.63) is 0 Å². The highest BCUT2D eigenvalue weighted by molar-refractivity contribution is 8.26. The summed E-state index contributed by atoms with van der Waals surface area (Å²) in [7, 11) is 0. The van der Waals surface area contributed by atoms with Gasteiger partial charge in [-0.3, -0.25) is 10.2 Å². The molecule has 96 valence electrons. The molecule has 1 rings (SSSR count). The second-order valence-electron chi connectivity index (χ2n) is 5.12. The van der Waals surface area contributed by atoms with Crippen LogP contribution < -0.4 is 11.1 Å². The topological polar surface area (TPSA) is 91.3 Å². The van der Waals surface area contributed by atoms with Crippen LogP contribution in [0.3, 0.4) is 0 Å². The van der Waals surface area contributed by atoms with Crippen LogP contribution in [0.25, 0.3) is 0 Å². The molecule has 4 N–H and O–H groups in total. The van der Waals surface area contributed by atoms with E-state index in [1.807, 2.05) is 20.8 Å². The van der Waals surface area contributed by atoms with Gasteiger partial charge < -0.3 is 11.1 Å². The summed E-state index contributed by atoms with van der Waals surface area (Å²) in [5.74, 6) is -0.228. The van der Waals surface area contributed by atoms with E-state index in [0.717, 1.165) is 31.1 Å². The fourth-order valence-corrected chi connectivity index (χ4v) is 2.01. The third kappa shape index (κ3) is 4.47. The predicted octanol–water partition coefficient (Wildman–Crippen LogP) is 1.34. The highest BCUT2D eigenvalue weighted by Gasteiger charge is 2.23. The normalized spacial score (nSPS) is 21.6. The van der Waals surface area contributed by atoms with E-state index in [9.17, 15) is 4.79 Å². The molecule has 1 saturated heterocycles.